The van der Waals surface area contributed by atoms with Gasteiger partial charge in [-0.05, 0) is 43.7 Å². The van der Waals surface area contributed by atoms with Crippen LogP contribution in [0.4, 0.5) is 0 Å². The van der Waals surface area contributed by atoms with E-state index in [0.29, 0.717) is 7.92 Å². The second kappa shape index (κ2) is 27.8. The van der Waals surface area contributed by atoms with Gasteiger partial charge < -0.3 is 0 Å². The van der Waals surface area contributed by atoms with Crippen molar-refractivity contribution in [3.05, 3.63) is 0 Å². The standard InChI is InChI=1S/C28H59P.ClH/c1-5-9-12-13-14-15-16-17-18-19-20-21-22-23-25-28(24-8-4)29(26-10-6-2)27-11-7-3;/h28H,5-27H2,1-4H3;1H. The van der Waals surface area contributed by atoms with Crippen LogP contribution in [0.5, 0.6) is 0 Å². The lowest BCUT2D eigenvalue weighted by Crippen LogP contribution is -2.10. The van der Waals surface area contributed by atoms with Crippen molar-refractivity contribution >= 4 is 20.3 Å². The van der Waals surface area contributed by atoms with Crippen LogP contribution in [0.15, 0.2) is 0 Å². The van der Waals surface area contributed by atoms with E-state index < -0.39 is 0 Å². The van der Waals surface area contributed by atoms with E-state index in [1.165, 1.54) is 128 Å². The maximum Gasteiger partial charge on any atom is -0.0209 e. The Kier molecular flexibility index (Phi) is 30.4. The predicted octanol–water partition coefficient (Wildman–Crippen LogP) is 11.5. The SMILES string of the molecule is CCCCCCCCCCCCCCCCC(CCC)P(CCCC)CCCC.Cl. The van der Waals surface area contributed by atoms with Crippen LogP contribution in [0.3, 0.4) is 0 Å². The monoisotopic (exact) mass is 462 g/mol. The summed E-state index contributed by atoms with van der Waals surface area (Å²) in [6.45, 7) is 9.46. The van der Waals surface area contributed by atoms with Crippen molar-refractivity contribution in [2.24, 2.45) is 0 Å². The lowest BCUT2D eigenvalue weighted by Gasteiger charge is -2.28. The second-order valence-corrected chi connectivity index (χ2v) is 12.4. The minimum absolute atomic E-state index is 0. The number of unbranched alkanes of at least 4 members (excludes halogenated alkanes) is 15. The van der Waals surface area contributed by atoms with Gasteiger partial charge in [0.05, 0.1) is 0 Å². The van der Waals surface area contributed by atoms with Gasteiger partial charge in [0.2, 0.25) is 0 Å². The molecule has 0 aromatic rings. The zero-order valence-corrected chi connectivity index (χ0v) is 23.4. The second-order valence-electron chi connectivity index (χ2n) is 9.57. The Bertz CT molecular complexity index is 286. The van der Waals surface area contributed by atoms with Crippen LogP contribution < -0.4 is 0 Å². The lowest BCUT2D eigenvalue weighted by atomic mass is 10.0. The summed E-state index contributed by atoms with van der Waals surface area (Å²) in [5.74, 6) is 0. The Balaban J connectivity index is 0. The molecule has 0 amide bonds. The summed E-state index contributed by atoms with van der Waals surface area (Å²) in [5.41, 5.74) is 1.09. The molecule has 0 aromatic carbocycles. The molecule has 184 valence electrons. The van der Waals surface area contributed by atoms with Gasteiger partial charge in [0.25, 0.3) is 0 Å². The Morgan fingerprint density at radius 2 is 0.767 bits per heavy atom. The van der Waals surface area contributed by atoms with Crippen LogP contribution >= 0.6 is 20.3 Å². The number of rotatable bonds is 24. The molecular weight excluding hydrogens is 403 g/mol. The first-order chi connectivity index (χ1) is 14.3. The van der Waals surface area contributed by atoms with Crippen molar-refractivity contribution in [1.29, 1.82) is 0 Å². The van der Waals surface area contributed by atoms with Crippen molar-refractivity contribution < 1.29 is 0 Å². The highest BCUT2D eigenvalue weighted by molar-refractivity contribution is 7.58. The number of hydrogen-bond acceptors (Lipinski definition) is 0. The molecule has 0 rings (SSSR count). The van der Waals surface area contributed by atoms with Crippen LogP contribution in [-0.2, 0) is 0 Å². The first-order valence-corrected chi connectivity index (χ1v) is 15.8. The van der Waals surface area contributed by atoms with E-state index >= 15 is 0 Å². The highest BCUT2D eigenvalue weighted by atomic mass is 35.5. The molecule has 0 aliphatic carbocycles. The van der Waals surface area contributed by atoms with E-state index in [1.807, 2.05) is 0 Å². The van der Waals surface area contributed by atoms with E-state index in [0.717, 1.165) is 5.66 Å². The van der Waals surface area contributed by atoms with Crippen molar-refractivity contribution in [3.8, 4) is 0 Å². The van der Waals surface area contributed by atoms with Gasteiger partial charge in [0, 0.05) is 0 Å². The van der Waals surface area contributed by atoms with Crippen LogP contribution in [0.25, 0.3) is 0 Å². The van der Waals surface area contributed by atoms with Gasteiger partial charge in [0.1, 0.15) is 0 Å². The maximum atomic E-state index is 2.41. The van der Waals surface area contributed by atoms with Crippen molar-refractivity contribution in [2.45, 2.75) is 168 Å². The molecule has 0 aliphatic rings. The summed E-state index contributed by atoms with van der Waals surface area (Å²) in [6.07, 6.45) is 34.0. The molecule has 0 saturated heterocycles. The topological polar surface area (TPSA) is 0 Å². The molecule has 0 radical (unpaired) electrons. The summed E-state index contributed by atoms with van der Waals surface area (Å²) in [7, 11) is 0.317. The first kappa shape index (κ1) is 32.9. The Hall–Kier alpha value is 0.720. The molecular formula is C28H60ClP. The molecule has 1 atom stereocenters. The molecule has 0 aromatic heterocycles. The third kappa shape index (κ3) is 21.9. The van der Waals surface area contributed by atoms with Crippen molar-refractivity contribution in [2.75, 3.05) is 12.3 Å². The molecule has 30 heavy (non-hydrogen) atoms. The van der Waals surface area contributed by atoms with E-state index in [9.17, 15) is 0 Å². The largest absolute Gasteiger partial charge is 0.147 e. The fourth-order valence-electron chi connectivity index (χ4n) is 4.62. The average molecular weight is 463 g/mol. The lowest BCUT2D eigenvalue weighted by molar-refractivity contribution is 0.527. The quantitative estimate of drug-likeness (QED) is 0.0987. The highest BCUT2D eigenvalue weighted by Gasteiger charge is 2.18. The Morgan fingerprint density at radius 3 is 1.13 bits per heavy atom. The van der Waals surface area contributed by atoms with Gasteiger partial charge in [-0.3, -0.25) is 0 Å². The van der Waals surface area contributed by atoms with Gasteiger partial charge in [-0.1, -0.05) is 137 Å². The molecule has 0 N–H and O–H groups in total. The smallest absolute Gasteiger partial charge is 0.0209 e. The predicted molar refractivity (Wildman–Crippen MR) is 147 cm³/mol. The third-order valence-corrected chi connectivity index (χ3v) is 9.96. The summed E-state index contributed by atoms with van der Waals surface area (Å²) in [6, 6.07) is 0. The summed E-state index contributed by atoms with van der Waals surface area (Å²) >= 11 is 0. The zero-order chi connectivity index (χ0) is 21.4. The van der Waals surface area contributed by atoms with E-state index in [4.69, 9.17) is 0 Å². The van der Waals surface area contributed by atoms with Gasteiger partial charge in [-0.15, -0.1) is 20.3 Å². The van der Waals surface area contributed by atoms with Crippen molar-refractivity contribution in [3.63, 3.8) is 0 Å². The number of halogens is 1. The van der Waals surface area contributed by atoms with Gasteiger partial charge in [-0.2, -0.15) is 0 Å². The molecule has 0 aliphatic heterocycles. The molecule has 0 heterocycles. The fourth-order valence-corrected chi connectivity index (χ4v) is 8.19. The van der Waals surface area contributed by atoms with E-state index in [2.05, 4.69) is 27.7 Å². The summed E-state index contributed by atoms with van der Waals surface area (Å²) < 4.78 is 0. The maximum absolute atomic E-state index is 2.41. The average Bonchev–Trinajstić information content (AvgIpc) is 2.73. The van der Waals surface area contributed by atoms with Crippen LogP contribution in [-0.4, -0.2) is 18.0 Å². The molecule has 0 bridgehead atoms. The van der Waals surface area contributed by atoms with Gasteiger partial charge in [-0.25, -0.2) is 0 Å². The highest BCUT2D eigenvalue weighted by Crippen LogP contribution is 2.47. The molecule has 0 fully saturated rings. The normalized spacial score (nSPS) is 12.3. The van der Waals surface area contributed by atoms with Crippen LogP contribution in [0.2, 0.25) is 0 Å². The Morgan fingerprint density at radius 1 is 0.400 bits per heavy atom. The molecule has 0 nitrogen and oxygen atoms in total. The minimum Gasteiger partial charge on any atom is -0.147 e. The molecule has 1 unspecified atom stereocenters. The van der Waals surface area contributed by atoms with E-state index in [1.54, 1.807) is 18.7 Å². The third-order valence-electron chi connectivity index (χ3n) is 6.63. The van der Waals surface area contributed by atoms with Crippen LogP contribution in [0.1, 0.15) is 163 Å². The minimum atomic E-state index is 0. The van der Waals surface area contributed by atoms with E-state index in [-0.39, 0.29) is 12.4 Å². The fraction of sp³-hybridized carbons (Fsp3) is 1.00. The molecule has 0 spiro atoms. The Labute approximate surface area is 200 Å². The summed E-state index contributed by atoms with van der Waals surface area (Å²) in [5, 5.41) is 0. The van der Waals surface area contributed by atoms with Crippen LogP contribution in [0, 0.1) is 0 Å². The summed E-state index contributed by atoms with van der Waals surface area (Å²) in [4.78, 5) is 0. The van der Waals surface area contributed by atoms with Gasteiger partial charge in [0.15, 0.2) is 0 Å². The zero-order valence-electron chi connectivity index (χ0n) is 21.7. The first-order valence-electron chi connectivity index (χ1n) is 14.0. The molecule has 2 heteroatoms. The number of hydrogen-bond donors (Lipinski definition) is 0. The van der Waals surface area contributed by atoms with Gasteiger partial charge >= 0.3 is 0 Å². The van der Waals surface area contributed by atoms with Crippen molar-refractivity contribution in [1.82, 2.24) is 0 Å². The molecule has 0 saturated carbocycles.